The minimum Gasteiger partial charge on any atom is -0.398 e. The van der Waals surface area contributed by atoms with Crippen LogP contribution < -0.4 is 5.73 Å². The van der Waals surface area contributed by atoms with Crippen LogP contribution in [0.1, 0.15) is 5.56 Å². The molecule has 72 valence electrons. The van der Waals surface area contributed by atoms with Crippen LogP contribution in [0.25, 0.3) is 0 Å². The Morgan fingerprint density at radius 1 is 1.08 bits per heavy atom. The lowest BCUT2D eigenvalue weighted by Crippen LogP contribution is -2.06. The second kappa shape index (κ2) is 3.27. The molecule has 0 atom stereocenters. The lowest BCUT2D eigenvalue weighted by molar-refractivity contribution is -0.137. The average Bonchev–Trinajstić information content (AvgIpc) is 1.94. The smallest absolute Gasteiger partial charge is 0.398 e. The first kappa shape index (κ1) is 10.5. The molecule has 0 aliphatic carbocycles. The Kier molecular flexibility index (Phi) is 2.63. The van der Waals surface area contributed by atoms with Crippen LogP contribution in [0.4, 0.5) is 18.9 Å². The third-order valence-corrected chi connectivity index (χ3v) is 2.03. The summed E-state index contributed by atoms with van der Waals surface area (Å²) in [7, 11) is 0. The molecule has 1 nitrogen and oxygen atoms in total. The molecule has 0 saturated carbocycles. The van der Waals surface area contributed by atoms with Crippen LogP contribution in [0, 0.1) is 0 Å². The van der Waals surface area contributed by atoms with Gasteiger partial charge in [0, 0.05) is 0 Å². The zero-order valence-corrected chi connectivity index (χ0v) is 7.63. The van der Waals surface area contributed by atoms with E-state index in [2.05, 4.69) is 0 Å². The van der Waals surface area contributed by atoms with Crippen molar-refractivity contribution in [3.05, 3.63) is 27.7 Å². The highest BCUT2D eigenvalue weighted by Crippen LogP contribution is 2.38. The van der Waals surface area contributed by atoms with Crippen molar-refractivity contribution in [3.63, 3.8) is 0 Å². The Morgan fingerprint density at radius 2 is 1.62 bits per heavy atom. The van der Waals surface area contributed by atoms with Crippen molar-refractivity contribution in [2.45, 2.75) is 6.18 Å². The van der Waals surface area contributed by atoms with E-state index >= 15 is 0 Å². The first-order valence-electron chi connectivity index (χ1n) is 3.14. The van der Waals surface area contributed by atoms with E-state index < -0.39 is 16.8 Å². The van der Waals surface area contributed by atoms with Gasteiger partial charge in [-0.15, -0.1) is 0 Å². The highest BCUT2D eigenvalue weighted by atomic mass is 35.5. The standard InChI is InChI=1S/C7H4Cl2F3N/c8-4-2-5(9)6(13)1-3(4)7(10,11)12/h1-2H,13H2. The van der Waals surface area contributed by atoms with Gasteiger partial charge < -0.3 is 5.73 Å². The third-order valence-electron chi connectivity index (χ3n) is 1.39. The highest BCUT2D eigenvalue weighted by Gasteiger charge is 2.33. The number of nitrogen functional groups attached to an aromatic ring is 1. The van der Waals surface area contributed by atoms with Gasteiger partial charge in [0.2, 0.25) is 0 Å². The SMILES string of the molecule is Nc1cc(C(F)(F)F)c(Cl)cc1Cl. The molecule has 0 aliphatic rings. The van der Waals surface area contributed by atoms with Gasteiger partial charge >= 0.3 is 6.18 Å². The molecule has 1 rings (SSSR count). The Labute approximate surface area is 82.2 Å². The molecule has 0 bridgehead atoms. The van der Waals surface area contributed by atoms with E-state index in [4.69, 9.17) is 28.9 Å². The number of hydrogen-bond acceptors (Lipinski definition) is 1. The molecule has 0 aromatic heterocycles. The number of benzene rings is 1. The van der Waals surface area contributed by atoms with Gasteiger partial charge in [-0.05, 0) is 12.1 Å². The van der Waals surface area contributed by atoms with E-state index in [-0.39, 0.29) is 10.7 Å². The molecule has 0 aliphatic heterocycles. The van der Waals surface area contributed by atoms with Gasteiger partial charge in [0.15, 0.2) is 0 Å². The van der Waals surface area contributed by atoms with E-state index in [1.54, 1.807) is 0 Å². The molecule has 0 unspecified atom stereocenters. The number of halogens is 5. The summed E-state index contributed by atoms with van der Waals surface area (Å²) in [4.78, 5) is 0. The Morgan fingerprint density at radius 3 is 2.08 bits per heavy atom. The van der Waals surface area contributed by atoms with Crippen LogP contribution >= 0.6 is 23.2 Å². The maximum Gasteiger partial charge on any atom is 0.417 e. The molecular weight excluding hydrogens is 226 g/mol. The summed E-state index contributed by atoms with van der Waals surface area (Å²) in [5.41, 5.74) is 4.08. The Balaban J connectivity index is 3.32. The summed E-state index contributed by atoms with van der Waals surface area (Å²) >= 11 is 10.8. The fourth-order valence-corrected chi connectivity index (χ4v) is 1.27. The van der Waals surface area contributed by atoms with Crippen LogP contribution in [-0.2, 0) is 6.18 Å². The fourth-order valence-electron chi connectivity index (χ4n) is 0.783. The molecule has 6 heteroatoms. The highest BCUT2D eigenvalue weighted by molar-refractivity contribution is 6.36. The lowest BCUT2D eigenvalue weighted by atomic mass is 10.2. The quantitative estimate of drug-likeness (QED) is 0.677. The molecule has 1 aromatic carbocycles. The predicted molar refractivity (Wildman–Crippen MR) is 45.9 cm³/mol. The molecule has 0 heterocycles. The van der Waals surface area contributed by atoms with Gasteiger partial charge in [-0.25, -0.2) is 0 Å². The first-order chi connectivity index (χ1) is 5.82. The zero-order valence-electron chi connectivity index (χ0n) is 6.12. The third kappa shape index (κ3) is 2.19. The van der Waals surface area contributed by atoms with E-state index in [1.807, 2.05) is 0 Å². The van der Waals surface area contributed by atoms with Gasteiger partial charge in [-0.3, -0.25) is 0 Å². The van der Waals surface area contributed by atoms with Crippen LogP contribution in [0.3, 0.4) is 0 Å². The average molecular weight is 230 g/mol. The number of rotatable bonds is 0. The Bertz CT molecular complexity index is 335. The number of alkyl halides is 3. The topological polar surface area (TPSA) is 26.0 Å². The van der Waals surface area contributed by atoms with E-state index in [0.717, 1.165) is 6.07 Å². The predicted octanol–water partition coefficient (Wildman–Crippen LogP) is 3.59. The minimum atomic E-state index is -4.50. The molecule has 2 N–H and O–H groups in total. The monoisotopic (exact) mass is 229 g/mol. The molecule has 13 heavy (non-hydrogen) atoms. The second-order valence-electron chi connectivity index (χ2n) is 2.35. The largest absolute Gasteiger partial charge is 0.417 e. The fraction of sp³-hybridized carbons (Fsp3) is 0.143. The van der Waals surface area contributed by atoms with E-state index in [9.17, 15) is 13.2 Å². The molecule has 0 amide bonds. The summed E-state index contributed by atoms with van der Waals surface area (Å²) in [5.74, 6) is 0. The lowest BCUT2D eigenvalue weighted by Gasteiger charge is -2.10. The molecule has 0 fully saturated rings. The number of nitrogens with two attached hydrogens (primary N) is 1. The Hall–Kier alpha value is -0.610. The molecule has 0 saturated heterocycles. The second-order valence-corrected chi connectivity index (χ2v) is 3.17. The van der Waals surface area contributed by atoms with Crippen LogP contribution in [0.5, 0.6) is 0 Å². The number of anilines is 1. The molecule has 1 aromatic rings. The summed E-state index contributed by atoms with van der Waals surface area (Å²) in [5, 5.41) is -0.440. The summed E-state index contributed by atoms with van der Waals surface area (Å²) in [6, 6.07) is 1.69. The van der Waals surface area contributed by atoms with E-state index in [1.165, 1.54) is 0 Å². The van der Waals surface area contributed by atoms with Crippen LogP contribution in [0.2, 0.25) is 10.0 Å². The van der Waals surface area contributed by atoms with Crippen molar-refractivity contribution >= 4 is 28.9 Å². The summed E-state index contributed by atoms with van der Waals surface area (Å²) in [6.07, 6.45) is -4.50. The van der Waals surface area contributed by atoms with Crippen molar-refractivity contribution in [2.75, 3.05) is 5.73 Å². The maximum atomic E-state index is 12.2. The molecular formula is C7H4Cl2F3N. The van der Waals surface area contributed by atoms with Crippen molar-refractivity contribution in [3.8, 4) is 0 Å². The molecule has 0 radical (unpaired) electrons. The van der Waals surface area contributed by atoms with Crippen molar-refractivity contribution < 1.29 is 13.2 Å². The van der Waals surface area contributed by atoms with Crippen LogP contribution in [-0.4, -0.2) is 0 Å². The zero-order chi connectivity index (χ0) is 10.2. The van der Waals surface area contributed by atoms with Gasteiger partial charge in [-0.2, -0.15) is 13.2 Å². The van der Waals surface area contributed by atoms with Crippen LogP contribution in [0.15, 0.2) is 12.1 Å². The van der Waals surface area contributed by atoms with E-state index in [0.29, 0.717) is 6.07 Å². The van der Waals surface area contributed by atoms with Gasteiger partial charge in [0.25, 0.3) is 0 Å². The summed E-state index contributed by atoms with van der Waals surface area (Å²) in [6.45, 7) is 0. The van der Waals surface area contributed by atoms with Gasteiger partial charge in [-0.1, -0.05) is 23.2 Å². The summed E-state index contributed by atoms with van der Waals surface area (Å²) < 4.78 is 36.5. The van der Waals surface area contributed by atoms with Gasteiger partial charge in [0.05, 0.1) is 21.3 Å². The van der Waals surface area contributed by atoms with Crippen molar-refractivity contribution in [1.29, 1.82) is 0 Å². The normalized spacial score (nSPS) is 11.8. The van der Waals surface area contributed by atoms with Crippen molar-refractivity contribution in [2.24, 2.45) is 0 Å². The molecule has 0 spiro atoms. The minimum absolute atomic E-state index is 0.0120. The van der Waals surface area contributed by atoms with Gasteiger partial charge in [0.1, 0.15) is 0 Å². The number of hydrogen-bond donors (Lipinski definition) is 1. The maximum absolute atomic E-state index is 12.2. The van der Waals surface area contributed by atoms with Crippen molar-refractivity contribution in [1.82, 2.24) is 0 Å². The first-order valence-corrected chi connectivity index (χ1v) is 3.89.